The molecule has 0 saturated heterocycles. The summed E-state index contributed by atoms with van der Waals surface area (Å²) in [7, 11) is 0. The molecule has 0 saturated carbocycles. The molecule has 5 heteroatoms. The number of hydrogen-bond donors (Lipinski definition) is 0. The first kappa shape index (κ1) is 25.7. The number of benzene rings is 1. The Bertz CT molecular complexity index is 719. The maximum atomic E-state index is 12.2. The summed E-state index contributed by atoms with van der Waals surface area (Å²) in [5.74, 6) is 0.556. The van der Waals surface area contributed by atoms with Gasteiger partial charge in [0, 0.05) is 19.6 Å². The van der Waals surface area contributed by atoms with Crippen molar-refractivity contribution in [2.45, 2.75) is 79.9 Å². The van der Waals surface area contributed by atoms with Crippen molar-refractivity contribution < 1.29 is 9.53 Å². The van der Waals surface area contributed by atoms with Gasteiger partial charge in [-0.25, -0.2) is 9.78 Å². The molecule has 2 aromatic rings. The van der Waals surface area contributed by atoms with Crippen LogP contribution in [0.15, 0.2) is 42.9 Å². The van der Waals surface area contributed by atoms with Crippen LogP contribution < -0.4 is 0 Å². The van der Waals surface area contributed by atoms with Crippen LogP contribution in [0.4, 0.5) is 4.79 Å². The molecule has 0 fully saturated rings. The molecule has 1 unspecified atom stereocenters. The van der Waals surface area contributed by atoms with Crippen LogP contribution in [-0.2, 0) is 11.3 Å². The highest BCUT2D eigenvalue weighted by molar-refractivity contribution is 5.68. The first-order valence-electron chi connectivity index (χ1n) is 11.3. The topological polar surface area (TPSA) is 47.4 Å². The van der Waals surface area contributed by atoms with Gasteiger partial charge in [0.15, 0.2) is 0 Å². The predicted molar refractivity (Wildman–Crippen MR) is 126 cm³/mol. The fourth-order valence-electron chi connectivity index (χ4n) is 3.18. The van der Waals surface area contributed by atoms with Crippen LogP contribution in [0.2, 0.25) is 0 Å². The Morgan fingerprint density at radius 2 is 1.83 bits per heavy atom. The Morgan fingerprint density at radius 1 is 1.17 bits per heavy atom. The van der Waals surface area contributed by atoms with Gasteiger partial charge in [-0.2, -0.15) is 0 Å². The summed E-state index contributed by atoms with van der Waals surface area (Å²) in [5, 5.41) is 0. The maximum absolute atomic E-state index is 12.2. The van der Waals surface area contributed by atoms with Crippen LogP contribution in [0, 0.1) is 5.92 Å². The molecule has 0 aliphatic rings. The minimum atomic E-state index is -0.447. The minimum absolute atomic E-state index is 0.215. The van der Waals surface area contributed by atoms with Crippen molar-refractivity contribution in [1.82, 2.24) is 14.5 Å². The van der Waals surface area contributed by atoms with E-state index in [1.165, 1.54) is 5.56 Å². The molecule has 0 aliphatic heterocycles. The summed E-state index contributed by atoms with van der Waals surface area (Å²) in [4.78, 5) is 18.4. The average molecular weight is 416 g/mol. The number of carbonyl (C=O) groups excluding carboxylic acids is 1. The molecule has 30 heavy (non-hydrogen) atoms. The Hall–Kier alpha value is -2.30. The standard InChI is InChI=1S/C23H35N3O2.C2H6/c1-6-25(22(27)28-23(3,4)5)16-14-19(2)11-10-15-26-18-24-17-21(26)20-12-8-7-9-13-20;1-2/h7-9,12-13,17-19H,6,10-11,14-16H2,1-5H3;1-2H3. The lowest BCUT2D eigenvalue weighted by molar-refractivity contribution is 0.0251. The van der Waals surface area contributed by atoms with Crippen molar-refractivity contribution in [2.24, 2.45) is 5.92 Å². The number of rotatable bonds is 9. The van der Waals surface area contributed by atoms with E-state index in [2.05, 4.69) is 40.7 Å². The zero-order valence-electron chi connectivity index (χ0n) is 20.0. The molecule has 0 spiro atoms. The Kier molecular flexibility index (Phi) is 11.2. The SMILES string of the molecule is CC.CCN(CCC(C)CCCn1cncc1-c1ccccc1)C(=O)OC(C)(C)C. The number of aryl methyl sites for hydroxylation is 1. The first-order chi connectivity index (χ1) is 14.3. The molecule has 168 valence electrons. The third-order valence-electron chi connectivity index (χ3n) is 4.80. The van der Waals surface area contributed by atoms with E-state index in [9.17, 15) is 4.79 Å². The first-order valence-corrected chi connectivity index (χ1v) is 11.3. The van der Waals surface area contributed by atoms with E-state index in [0.717, 1.165) is 38.0 Å². The zero-order chi connectivity index (χ0) is 22.6. The summed E-state index contributed by atoms with van der Waals surface area (Å²) in [5.41, 5.74) is 1.91. The van der Waals surface area contributed by atoms with Crippen LogP contribution in [0.1, 0.15) is 67.7 Å². The lowest BCUT2D eigenvalue weighted by Gasteiger charge is -2.27. The van der Waals surface area contributed by atoms with Crippen LogP contribution in [0.3, 0.4) is 0 Å². The predicted octanol–water partition coefficient (Wildman–Crippen LogP) is 6.64. The van der Waals surface area contributed by atoms with Crippen molar-refractivity contribution in [3.05, 3.63) is 42.9 Å². The molecule has 1 atom stereocenters. The van der Waals surface area contributed by atoms with E-state index >= 15 is 0 Å². The number of hydrogen-bond acceptors (Lipinski definition) is 3. The van der Waals surface area contributed by atoms with E-state index in [1.807, 2.05) is 60.1 Å². The molecule has 0 aliphatic carbocycles. The molecule has 0 bridgehead atoms. The van der Waals surface area contributed by atoms with E-state index in [0.29, 0.717) is 12.5 Å². The van der Waals surface area contributed by atoms with E-state index in [1.54, 1.807) is 4.90 Å². The Labute approximate surface area is 183 Å². The zero-order valence-corrected chi connectivity index (χ0v) is 20.0. The van der Waals surface area contributed by atoms with Gasteiger partial charge in [-0.1, -0.05) is 51.1 Å². The number of aromatic nitrogens is 2. The van der Waals surface area contributed by atoms with E-state index in [4.69, 9.17) is 4.74 Å². The molecule has 0 N–H and O–H groups in total. The fraction of sp³-hybridized carbons (Fsp3) is 0.600. The molecule has 1 aromatic carbocycles. The van der Waals surface area contributed by atoms with E-state index in [-0.39, 0.29) is 6.09 Å². The highest BCUT2D eigenvalue weighted by Crippen LogP contribution is 2.20. The molecule has 1 aromatic heterocycles. The van der Waals surface area contributed by atoms with Crippen molar-refractivity contribution in [2.75, 3.05) is 13.1 Å². The molecular formula is C25H41N3O2. The van der Waals surface area contributed by atoms with Gasteiger partial charge in [-0.15, -0.1) is 0 Å². The fourth-order valence-corrected chi connectivity index (χ4v) is 3.18. The second-order valence-electron chi connectivity index (χ2n) is 8.43. The van der Waals surface area contributed by atoms with Crippen LogP contribution in [-0.4, -0.2) is 39.2 Å². The quantitative estimate of drug-likeness (QED) is 0.461. The lowest BCUT2D eigenvalue weighted by Crippen LogP contribution is -2.37. The summed E-state index contributed by atoms with van der Waals surface area (Å²) >= 11 is 0. The number of nitrogens with zero attached hydrogens (tertiary/aromatic N) is 3. The summed E-state index contributed by atoms with van der Waals surface area (Å²) in [6.45, 7) is 16.3. The Balaban J connectivity index is 0.00000218. The molecular weight excluding hydrogens is 374 g/mol. The van der Waals surface area contributed by atoms with Gasteiger partial charge in [-0.05, 0) is 58.4 Å². The largest absolute Gasteiger partial charge is 0.444 e. The second kappa shape index (κ2) is 13.1. The normalized spacial score (nSPS) is 12.0. The summed E-state index contributed by atoms with van der Waals surface area (Å²) < 4.78 is 7.71. The Morgan fingerprint density at radius 3 is 2.43 bits per heavy atom. The van der Waals surface area contributed by atoms with Gasteiger partial charge in [0.05, 0.1) is 18.2 Å². The van der Waals surface area contributed by atoms with Gasteiger partial charge < -0.3 is 14.2 Å². The highest BCUT2D eigenvalue weighted by atomic mass is 16.6. The van der Waals surface area contributed by atoms with Crippen LogP contribution in [0.25, 0.3) is 11.3 Å². The number of amides is 1. The number of carbonyl (C=O) groups is 1. The van der Waals surface area contributed by atoms with Crippen molar-refractivity contribution >= 4 is 6.09 Å². The van der Waals surface area contributed by atoms with Crippen molar-refractivity contribution in [3.8, 4) is 11.3 Å². The van der Waals surface area contributed by atoms with Gasteiger partial charge in [0.2, 0.25) is 0 Å². The van der Waals surface area contributed by atoms with Gasteiger partial charge >= 0.3 is 6.09 Å². The number of ether oxygens (including phenoxy) is 1. The number of imidazole rings is 1. The van der Waals surface area contributed by atoms with Gasteiger partial charge in [-0.3, -0.25) is 0 Å². The van der Waals surface area contributed by atoms with Crippen molar-refractivity contribution in [3.63, 3.8) is 0 Å². The van der Waals surface area contributed by atoms with Crippen molar-refractivity contribution in [1.29, 1.82) is 0 Å². The summed E-state index contributed by atoms with van der Waals surface area (Å²) in [6.07, 6.45) is 6.83. The second-order valence-corrected chi connectivity index (χ2v) is 8.43. The third-order valence-corrected chi connectivity index (χ3v) is 4.80. The van der Waals surface area contributed by atoms with E-state index < -0.39 is 5.60 Å². The average Bonchev–Trinajstić information content (AvgIpc) is 3.18. The van der Waals surface area contributed by atoms with Gasteiger partial charge in [0.1, 0.15) is 5.60 Å². The molecule has 2 rings (SSSR count). The third kappa shape index (κ3) is 9.02. The maximum Gasteiger partial charge on any atom is 0.410 e. The molecule has 1 amide bonds. The highest BCUT2D eigenvalue weighted by Gasteiger charge is 2.21. The smallest absolute Gasteiger partial charge is 0.410 e. The van der Waals surface area contributed by atoms with Gasteiger partial charge in [0.25, 0.3) is 0 Å². The molecule has 5 nitrogen and oxygen atoms in total. The monoisotopic (exact) mass is 415 g/mol. The summed E-state index contributed by atoms with van der Waals surface area (Å²) in [6, 6.07) is 10.4. The van der Waals surface area contributed by atoms with Crippen LogP contribution >= 0.6 is 0 Å². The van der Waals surface area contributed by atoms with Crippen LogP contribution in [0.5, 0.6) is 0 Å². The molecule has 0 radical (unpaired) electrons. The minimum Gasteiger partial charge on any atom is -0.444 e. The lowest BCUT2D eigenvalue weighted by atomic mass is 10.0. The molecule has 1 heterocycles.